The molecule has 7 heteroatoms. The Bertz CT molecular complexity index is 1450. The second-order valence-corrected chi connectivity index (χ2v) is 8.37. The number of anilines is 1. The van der Waals surface area contributed by atoms with Gasteiger partial charge in [-0.05, 0) is 29.3 Å². The average Bonchev–Trinajstić information content (AvgIpc) is 3.22. The van der Waals surface area contributed by atoms with Gasteiger partial charge < -0.3 is 20.4 Å². The molecular weight excluding hydrogens is 438 g/mol. The van der Waals surface area contributed by atoms with E-state index < -0.39 is 0 Å². The van der Waals surface area contributed by atoms with E-state index in [4.69, 9.17) is 10.5 Å². The van der Waals surface area contributed by atoms with E-state index in [0.717, 1.165) is 34.5 Å². The summed E-state index contributed by atoms with van der Waals surface area (Å²) in [5, 5.41) is 2.88. The second-order valence-electron chi connectivity index (χ2n) is 8.37. The predicted octanol–water partition coefficient (Wildman–Crippen LogP) is 3.47. The highest BCUT2D eigenvalue weighted by Crippen LogP contribution is 2.28. The van der Waals surface area contributed by atoms with Gasteiger partial charge in [0, 0.05) is 37.5 Å². The molecule has 3 N–H and O–H groups in total. The molecule has 0 spiro atoms. The summed E-state index contributed by atoms with van der Waals surface area (Å²) in [6, 6.07) is 19.9. The number of benzene rings is 2. The smallest absolute Gasteiger partial charge is 0.253 e. The average molecular weight is 464 g/mol. The Balaban J connectivity index is 1.39. The molecule has 174 valence electrons. The lowest BCUT2D eigenvalue weighted by molar-refractivity contribution is 0.0945. The monoisotopic (exact) mass is 463 g/mol. The van der Waals surface area contributed by atoms with Crippen molar-refractivity contribution in [2.24, 2.45) is 7.05 Å². The molecule has 2 aromatic carbocycles. The summed E-state index contributed by atoms with van der Waals surface area (Å²) in [5.41, 5.74) is 12.6. The maximum Gasteiger partial charge on any atom is 0.253 e. The standard InChI is InChI=1S/C28H25N5O2/c1-33-24-12-13-30-27(34)23(24)15-25(33)26-22(16-31-28(29)32-26)11-10-19-8-5-9-21(14-19)18-35-17-20-6-3-2-4-7-20/h2-9,14-16H,12-13,17-18H2,1H3,(H,30,34)(H2,29,31,32). The Labute approximate surface area is 204 Å². The second kappa shape index (κ2) is 9.84. The first-order valence-corrected chi connectivity index (χ1v) is 11.4. The summed E-state index contributed by atoms with van der Waals surface area (Å²) in [4.78, 5) is 20.9. The normalized spacial score (nSPS) is 12.4. The molecule has 1 amide bonds. The van der Waals surface area contributed by atoms with E-state index in [2.05, 4.69) is 27.1 Å². The number of nitrogens with one attached hydrogen (secondary N) is 1. The van der Waals surface area contributed by atoms with Crippen LogP contribution in [0.5, 0.6) is 0 Å². The molecule has 5 rings (SSSR count). The number of nitrogens with two attached hydrogens (primary N) is 1. The Morgan fingerprint density at radius 3 is 2.69 bits per heavy atom. The zero-order chi connectivity index (χ0) is 24.2. The maximum absolute atomic E-state index is 12.3. The van der Waals surface area contributed by atoms with Crippen molar-refractivity contribution in [1.29, 1.82) is 0 Å². The first-order chi connectivity index (χ1) is 17.1. The van der Waals surface area contributed by atoms with Crippen LogP contribution in [0.15, 0.2) is 66.9 Å². The third-order valence-corrected chi connectivity index (χ3v) is 5.95. The van der Waals surface area contributed by atoms with Crippen LogP contribution in [0.3, 0.4) is 0 Å². The van der Waals surface area contributed by atoms with Crippen LogP contribution < -0.4 is 11.1 Å². The van der Waals surface area contributed by atoms with Gasteiger partial charge in [0.1, 0.15) is 5.69 Å². The highest BCUT2D eigenvalue weighted by atomic mass is 16.5. The number of aromatic nitrogens is 3. The van der Waals surface area contributed by atoms with E-state index in [9.17, 15) is 4.79 Å². The lowest BCUT2D eigenvalue weighted by atomic mass is 10.1. The van der Waals surface area contributed by atoms with Gasteiger partial charge in [-0.1, -0.05) is 54.3 Å². The molecule has 0 bridgehead atoms. The molecule has 35 heavy (non-hydrogen) atoms. The van der Waals surface area contributed by atoms with E-state index in [0.29, 0.717) is 36.6 Å². The molecular formula is C28H25N5O2. The lowest BCUT2D eigenvalue weighted by Crippen LogP contribution is -2.31. The first-order valence-electron chi connectivity index (χ1n) is 11.4. The fraction of sp³-hybridized carbons (Fsp3) is 0.179. The highest BCUT2D eigenvalue weighted by Gasteiger charge is 2.24. The van der Waals surface area contributed by atoms with Crippen LogP contribution in [0, 0.1) is 11.8 Å². The van der Waals surface area contributed by atoms with Gasteiger partial charge in [-0.2, -0.15) is 0 Å². The number of nitrogens with zero attached hydrogens (tertiary/aromatic N) is 3. The third-order valence-electron chi connectivity index (χ3n) is 5.95. The molecule has 0 atom stereocenters. The molecule has 0 aliphatic carbocycles. The fourth-order valence-corrected chi connectivity index (χ4v) is 4.18. The number of fused-ring (bicyclic) bond motifs is 1. The fourth-order valence-electron chi connectivity index (χ4n) is 4.18. The topological polar surface area (TPSA) is 95.1 Å². The van der Waals surface area contributed by atoms with Gasteiger partial charge >= 0.3 is 0 Å². The summed E-state index contributed by atoms with van der Waals surface area (Å²) >= 11 is 0. The molecule has 2 aromatic heterocycles. The van der Waals surface area contributed by atoms with Gasteiger partial charge in [0.2, 0.25) is 5.95 Å². The van der Waals surface area contributed by atoms with Crippen LogP contribution in [-0.4, -0.2) is 27.0 Å². The Morgan fingerprint density at radius 2 is 1.86 bits per heavy atom. The Kier molecular flexibility index (Phi) is 6.29. The third kappa shape index (κ3) is 4.93. The van der Waals surface area contributed by atoms with Crippen LogP contribution in [0.4, 0.5) is 5.95 Å². The summed E-state index contributed by atoms with van der Waals surface area (Å²) in [6.07, 6.45) is 2.39. The minimum Gasteiger partial charge on any atom is -0.372 e. The van der Waals surface area contributed by atoms with Gasteiger partial charge in [-0.3, -0.25) is 4.79 Å². The van der Waals surface area contributed by atoms with Crippen LogP contribution in [-0.2, 0) is 31.4 Å². The summed E-state index contributed by atoms with van der Waals surface area (Å²) < 4.78 is 7.85. The van der Waals surface area contributed by atoms with E-state index in [1.54, 1.807) is 6.20 Å². The van der Waals surface area contributed by atoms with Crippen molar-refractivity contribution in [2.45, 2.75) is 19.6 Å². The van der Waals surface area contributed by atoms with E-state index in [1.807, 2.05) is 72.3 Å². The number of nitrogen functional groups attached to an aromatic ring is 1. The SMILES string of the molecule is Cn1c(-c2nc(N)ncc2C#Cc2cccc(COCc3ccccc3)c2)cc2c1CCNC2=O. The summed E-state index contributed by atoms with van der Waals surface area (Å²) in [7, 11) is 1.93. The molecule has 7 nitrogen and oxygen atoms in total. The van der Waals surface area contributed by atoms with E-state index in [1.165, 1.54) is 0 Å². The van der Waals surface area contributed by atoms with E-state index >= 15 is 0 Å². The van der Waals surface area contributed by atoms with Gasteiger partial charge in [0.05, 0.1) is 30.0 Å². The van der Waals surface area contributed by atoms with Gasteiger partial charge in [0.15, 0.2) is 0 Å². The molecule has 1 aliphatic heterocycles. The minimum absolute atomic E-state index is 0.0749. The number of amides is 1. The minimum atomic E-state index is -0.0749. The maximum atomic E-state index is 12.3. The number of carbonyl (C=O) groups excluding carboxylic acids is 1. The number of carbonyl (C=O) groups is 1. The molecule has 0 radical (unpaired) electrons. The molecule has 0 fully saturated rings. The summed E-state index contributed by atoms with van der Waals surface area (Å²) in [5.74, 6) is 6.50. The van der Waals surface area contributed by atoms with Gasteiger partial charge in [-0.25, -0.2) is 9.97 Å². The molecule has 0 saturated carbocycles. The quantitative estimate of drug-likeness (QED) is 0.442. The Morgan fingerprint density at radius 1 is 1.06 bits per heavy atom. The number of hydrogen-bond acceptors (Lipinski definition) is 5. The van der Waals surface area contributed by atoms with Crippen molar-refractivity contribution in [3.05, 3.63) is 100 Å². The van der Waals surface area contributed by atoms with Crippen LogP contribution >= 0.6 is 0 Å². The van der Waals surface area contributed by atoms with Crippen LogP contribution in [0.1, 0.15) is 38.3 Å². The van der Waals surface area contributed by atoms with E-state index in [-0.39, 0.29) is 11.9 Å². The number of ether oxygens (including phenoxy) is 1. The lowest BCUT2D eigenvalue weighted by Gasteiger charge is -2.14. The van der Waals surface area contributed by atoms with Crippen molar-refractivity contribution in [3.63, 3.8) is 0 Å². The predicted molar refractivity (Wildman–Crippen MR) is 134 cm³/mol. The number of hydrogen-bond donors (Lipinski definition) is 2. The zero-order valence-electron chi connectivity index (χ0n) is 19.4. The van der Waals surface area contributed by atoms with Crippen molar-refractivity contribution in [1.82, 2.24) is 19.9 Å². The molecule has 0 unspecified atom stereocenters. The molecule has 1 aliphatic rings. The highest BCUT2D eigenvalue weighted by molar-refractivity contribution is 5.98. The van der Waals surface area contributed by atoms with Gasteiger partial charge in [0.25, 0.3) is 5.91 Å². The largest absolute Gasteiger partial charge is 0.372 e. The molecule has 0 saturated heterocycles. The summed E-state index contributed by atoms with van der Waals surface area (Å²) in [6.45, 7) is 1.67. The van der Waals surface area contributed by atoms with Crippen molar-refractivity contribution >= 4 is 11.9 Å². The molecule has 4 aromatic rings. The Hall–Kier alpha value is -4.41. The number of rotatable bonds is 5. The van der Waals surface area contributed by atoms with Crippen LogP contribution in [0.2, 0.25) is 0 Å². The molecule has 3 heterocycles. The first kappa shape index (κ1) is 22.4. The van der Waals surface area contributed by atoms with Crippen molar-refractivity contribution in [2.75, 3.05) is 12.3 Å². The van der Waals surface area contributed by atoms with Crippen molar-refractivity contribution in [3.8, 4) is 23.2 Å². The van der Waals surface area contributed by atoms with Crippen LogP contribution in [0.25, 0.3) is 11.4 Å². The van der Waals surface area contributed by atoms with Gasteiger partial charge in [-0.15, -0.1) is 0 Å². The zero-order valence-corrected chi connectivity index (χ0v) is 19.4. The van der Waals surface area contributed by atoms with Crippen molar-refractivity contribution < 1.29 is 9.53 Å².